The number of amides is 1. The number of aliphatic hydroxyl groups excluding tert-OH is 4. The maximum Gasteiger partial charge on any atom is 0.249 e. The van der Waals surface area contributed by atoms with Crippen LogP contribution in [-0.4, -0.2) is 57.3 Å². The Kier molecular flexibility index (Phi) is 30.2. The summed E-state index contributed by atoms with van der Waals surface area (Å²) in [6.45, 7) is 4.02. The van der Waals surface area contributed by atoms with E-state index < -0.39 is 36.9 Å². The number of hydrogen-bond acceptors (Lipinski definition) is 5. The normalized spacial score (nSPS) is 14.6. The van der Waals surface area contributed by atoms with Crippen molar-refractivity contribution in [3.63, 3.8) is 0 Å². The van der Waals surface area contributed by atoms with Crippen LogP contribution in [0, 0.1) is 0 Å². The number of carbonyl (C=O) groups is 1. The number of nitrogens with one attached hydrogen (secondary N) is 1. The van der Waals surface area contributed by atoms with E-state index in [4.69, 9.17) is 0 Å². The molecule has 0 bridgehead atoms. The maximum atomic E-state index is 12.4. The van der Waals surface area contributed by atoms with Crippen LogP contribution in [0.5, 0.6) is 0 Å². The first-order valence-corrected chi connectivity index (χ1v) is 17.9. The summed E-state index contributed by atoms with van der Waals surface area (Å²) in [6, 6.07) is -0.976. The lowest BCUT2D eigenvalue weighted by Gasteiger charge is -2.27. The van der Waals surface area contributed by atoms with Gasteiger partial charge in [0.15, 0.2) is 0 Å². The van der Waals surface area contributed by atoms with E-state index in [1.54, 1.807) is 0 Å². The van der Waals surface area contributed by atoms with Crippen LogP contribution in [0.4, 0.5) is 0 Å². The van der Waals surface area contributed by atoms with Gasteiger partial charge in [-0.2, -0.15) is 0 Å². The van der Waals surface area contributed by atoms with Crippen molar-refractivity contribution in [1.29, 1.82) is 0 Å². The molecule has 5 N–H and O–H groups in total. The Labute approximate surface area is 254 Å². The first kappa shape index (κ1) is 40.3. The van der Waals surface area contributed by atoms with Crippen LogP contribution in [0.2, 0.25) is 0 Å². The quantitative estimate of drug-likeness (QED) is 0.0512. The second kappa shape index (κ2) is 30.8. The van der Waals surface area contributed by atoms with Crippen LogP contribution in [0.15, 0.2) is 0 Å². The minimum atomic E-state index is -1.25. The Bertz CT molecular complexity index is 547. The van der Waals surface area contributed by atoms with Gasteiger partial charge in [-0.3, -0.25) is 4.79 Å². The molecule has 0 aliphatic carbocycles. The second-order valence-corrected chi connectivity index (χ2v) is 12.6. The average molecular weight is 586 g/mol. The lowest BCUT2D eigenvalue weighted by molar-refractivity contribution is -0.132. The fourth-order valence-electron chi connectivity index (χ4n) is 5.64. The monoisotopic (exact) mass is 586 g/mol. The summed E-state index contributed by atoms with van der Waals surface area (Å²) in [5, 5.41) is 43.3. The molecule has 0 radical (unpaired) electrons. The standard InChI is InChI=1S/C35H71NO5/c1-3-5-7-9-11-13-15-16-17-19-21-23-25-27-29-33(39)35(41)36-31(30-37)34(40)32(38)28-26-24-22-20-18-14-12-10-8-6-4-2/h31-34,37-40H,3-30H2,1-2H3,(H,36,41). The van der Waals surface area contributed by atoms with Gasteiger partial charge in [0, 0.05) is 0 Å². The van der Waals surface area contributed by atoms with Crippen LogP contribution >= 0.6 is 0 Å². The molecule has 4 unspecified atom stereocenters. The molecule has 0 spiro atoms. The predicted molar refractivity (Wildman–Crippen MR) is 173 cm³/mol. The lowest BCUT2D eigenvalue weighted by Crippen LogP contribution is -2.53. The summed E-state index contributed by atoms with van der Waals surface area (Å²) >= 11 is 0. The summed E-state index contributed by atoms with van der Waals surface area (Å²) in [4.78, 5) is 12.4. The van der Waals surface area contributed by atoms with Gasteiger partial charge < -0.3 is 25.7 Å². The van der Waals surface area contributed by atoms with Crippen molar-refractivity contribution < 1.29 is 25.2 Å². The van der Waals surface area contributed by atoms with E-state index in [1.807, 2.05) is 0 Å². The second-order valence-electron chi connectivity index (χ2n) is 12.6. The van der Waals surface area contributed by atoms with E-state index >= 15 is 0 Å². The third-order valence-corrected chi connectivity index (χ3v) is 8.57. The SMILES string of the molecule is CCCCCCCCCCCCCCCCC(O)C(=O)NC(CO)C(O)C(O)CCCCCCCCCCCCC. The molecule has 0 fully saturated rings. The van der Waals surface area contributed by atoms with Gasteiger partial charge in [-0.1, -0.05) is 174 Å². The van der Waals surface area contributed by atoms with Crippen molar-refractivity contribution in [1.82, 2.24) is 5.32 Å². The molecule has 0 aromatic carbocycles. The van der Waals surface area contributed by atoms with Gasteiger partial charge in [0.05, 0.1) is 18.8 Å². The third kappa shape index (κ3) is 25.5. The van der Waals surface area contributed by atoms with Gasteiger partial charge in [-0.25, -0.2) is 0 Å². The zero-order valence-corrected chi connectivity index (χ0v) is 27.3. The zero-order chi connectivity index (χ0) is 30.4. The number of rotatable bonds is 32. The smallest absolute Gasteiger partial charge is 0.249 e. The topological polar surface area (TPSA) is 110 Å². The highest BCUT2D eigenvalue weighted by atomic mass is 16.3. The van der Waals surface area contributed by atoms with Gasteiger partial charge in [-0.05, 0) is 12.8 Å². The molecule has 0 aliphatic heterocycles. The van der Waals surface area contributed by atoms with Gasteiger partial charge in [0.1, 0.15) is 12.2 Å². The van der Waals surface area contributed by atoms with Crippen molar-refractivity contribution in [2.75, 3.05) is 6.61 Å². The molecule has 4 atom stereocenters. The largest absolute Gasteiger partial charge is 0.394 e. The van der Waals surface area contributed by atoms with Crippen molar-refractivity contribution in [3.8, 4) is 0 Å². The number of aliphatic hydroxyl groups is 4. The van der Waals surface area contributed by atoms with Crippen LogP contribution in [0.3, 0.4) is 0 Å². The Balaban J connectivity index is 3.81. The first-order chi connectivity index (χ1) is 20.0. The highest BCUT2D eigenvalue weighted by Crippen LogP contribution is 2.16. The van der Waals surface area contributed by atoms with Crippen molar-refractivity contribution >= 4 is 5.91 Å². The predicted octanol–water partition coefficient (Wildman–Crippen LogP) is 8.12. The minimum absolute atomic E-state index is 0.374. The number of hydrogen-bond donors (Lipinski definition) is 5. The molecule has 0 heterocycles. The van der Waals surface area contributed by atoms with Crippen LogP contribution in [0.25, 0.3) is 0 Å². The molecule has 6 heteroatoms. The molecule has 0 aliphatic rings. The molecular weight excluding hydrogens is 514 g/mol. The Morgan fingerprint density at radius 1 is 0.512 bits per heavy atom. The zero-order valence-electron chi connectivity index (χ0n) is 27.3. The van der Waals surface area contributed by atoms with Gasteiger partial charge in [-0.15, -0.1) is 0 Å². The molecule has 0 saturated carbocycles. The van der Waals surface area contributed by atoms with E-state index in [1.165, 1.54) is 122 Å². The highest BCUT2D eigenvalue weighted by molar-refractivity contribution is 5.80. The number of unbranched alkanes of at least 4 members (excludes halogenated alkanes) is 23. The van der Waals surface area contributed by atoms with Gasteiger partial charge >= 0.3 is 0 Å². The molecule has 0 aromatic heterocycles. The van der Waals surface area contributed by atoms with Crippen LogP contribution in [-0.2, 0) is 4.79 Å². The minimum Gasteiger partial charge on any atom is -0.394 e. The number of carbonyl (C=O) groups excluding carboxylic acids is 1. The molecule has 1 amide bonds. The van der Waals surface area contributed by atoms with E-state index in [9.17, 15) is 25.2 Å². The summed E-state index contributed by atoms with van der Waals surface area (Å²) < 4.78 is 0. The first-order valence-electron chi connectivity index (χ1n) is 17.9. The van der Waals surface area contributed by atoms with Crippen molar-refractivity contribution in [3.05, 3.63) is 0 Å². The highest BCUT2D eigenvalue weighted by Gasteiger charge is 2.28. The molecule has 41 heavy (non-hydrogen) atoms. The fraction of sp³-hybridized carbons (Fsp3) is 0.971. The molecule has 0 rings (SSSR count). The third-order valence-electron chi connectivity index (χ3n) is 8.57. The summed E-state index contributed by atoms with van der Waals surface area (Å²) in [6.07, 6.45) is 28.3. The molecule has 0 saturated heterocycles. The average Bonchev–Trinajstić information content (AvgIpc) is 2.98. The Hall–Kier alpha value is -0.690. The van der Waals surface area contributed by atoms with Gasteiger partial charge in [0.2, 0.25) is 5.91 Å². The van der Waals surface area contributed by atoms with E-state index in [0.717, 1.165) is 38.5 Å². The molecular formula is C35H71NO5. The van der Waals surface area contributed by atoms with Crippen molar-refractivity contribution in [2.24, 2.45) is 0 Å². The summed E-state index contributed by atoms with van der Waals surface area (Å²) in [5.74, 6) is -0.584. The summed E-state index contributed by atoms with van der Waals surface area (Å²) in [7, 11) is 0. The summed E-state index contributed by atoms with van der Waals surface area (Å²) in [5.41, 5.74) is 0. The van der Waals surface area contributed by atoms with E-state index in [2.05, 4.69) is 19.2 Å². The maximum absolute atomic E-state index is 12.4. The Morgan fingerprint density at radius 3 is 1.17 bits per heavy atom. The van der Waals surface area contributed by atoms with E-state index in [-0.39, 0.29) is 0 Å². The van der Waals surface area contributed by atoms with Crippen LogP contribution < -0.4 is 5.32 Å². The van der Waals surface area contributed by atoms with Crippen molar-refractivity contribution in [2.45, 2.75) is 212 Å². The Morgan fingerprint density at radius 2 is 0.829 bits per heavy atom. The van der Waals surface area contributed by atoms with Crippen LogP contribution in [0.1, 0.15) is 187 Å². The lowest BCUT2D eigenvalue weighted by atomic mass is 9.99. The fourth-order valence-corrected chi connectivity index (χ4v) is 5.64. The molecule has 6 nitrogen and oxygen atoms in total. The molecule has 246 valence electrons. The van der Waals surface area contributed by atoms with Gasteiger partial charge in [0.25, 0.3) is 0 Å². The van der Waals surface area contributed by atoms with E-state index in [0.29, 0.717) is 12.8 Å². The molecule has 0 aromatic rings.